The van der Waals surface area contributed by atoms with Gasteiger partial charge >= 0.3 is 11.7 Å². The van der Waals surface area contributed by atoms with Crippen LogP contribution in [0.25, 0.3) is 0 Å². The molecule has 0 unspecified atom stereocenters. The van der Waals surface area contributed by atoms with E-state index in [1.54, 1.807) is 6.92 Å². The van der Waals surface area contributed by atoms with Gasteiger partial charge in [-0.1, -0.05) is 0 Å². The van der Waals surface area contributed by atoms with Crippen molar-refractivity contribution >= 4 is 5.97 Å². The highest BCUT2D eigenvalue weighted by atomic mass is 16.6. The molecule has 1 aromatic rings. The maximum atomic E-state index is 11.8. The van der Waals surface area contributed by atoms with E-state index in [0.717, 1.165) is 0 Å². The Morgan fingerprint density at radius 2 is 2.38 bits per heavy atom. The predicted molar refractivity (Wildman–Crippen MR) is 70.4 cm³/mol. The van der Waals surface area contributed by atoms with Crippen molar-refractivity contribution in [3.8, 4) is 6.07 Å². The average Bonchev–Trinajstić information content (AvgIpc) is 2.85. The molecule has 2 rings (SSSR count). The normalized spacial score (nSPS) is 24.5. The number of H-pyrrole nitrogens is 1. The quantitative estimate of drug-likeness (QED) is 0.783. The molecule has 2 heterocycles. The van der Waals surface area contributed by atoms with Crippen molar-refractivity contribution in [3.05, 3.63) is 32.6 Å². The van der Waals surface area contributed by atoms with E-state index in [0.29, 0.717) is 18.4 Å². The second-order valence-corrected chi connectivity index (χ2v) is 4.98. The minimum absolute atomic E-state index is 0.188. The number of nitrogens with zero attached hydrogens (tertiary/aromatic N) is 2. The van der Waals surface area contributed by atoms with Crippen molar-refractivity contribution in [2.45, 2.75) is 38.5 Å². The van der Waals surface area contributed by atoms with Gasteiger partial charge in [-0.2, -0.15) is 5.26 Å². The van der Waals surface area contributed by atoms with Crippen LogP contribution in [0.15, 0.2) is 15.8 Å². The van der Waals surface area contributed by atoms with Crippen LogP contribution in [-0.4, -0.2) is 27.7 Å². The molecule has 0 aliphatic carbocycles. The lowest BCUT2D eigenvalue weighted by molar-refractivity contribution is -0.150. The molecule has 0 aromatic carbocycles. The summed E-state index contributed by atoms with van der Waals surface area (Å²) in [5.41, 5.74) is -1.95. The zero-order chi connectivity index (χ0) is 15.6. The first kappa shape index (κ1) is 15.0. The molecule has 21 heavy (non-hydrogen) atoms. The fourth-order valence-electron chi connectivity index (χ4n) is 2.17. The number of carbonyl (C=O) groups excluding carboxylic acids is 1. The zero-order valence-electron chi connectivity index (χ0n) is 11.7. The SMILES string of the molecule is CC(=O)OC[C@]1(C#N)CC[C@H](n2cc(C)c(=O)[nH]c2=O)O1. The number of carbonyl (C=O) groups is 1. The fourth-order valence-corrected chi connectivity index (χ4v) is 2.17. The molecule has 0 bridgehead atoms. The Labute approximate surface area is 119 Å². The van der Waals surface area contributed by atoms with Gasteiger partial charge in [-0.05, 0) is 19.8 Å². The van der Waals surface area contributed by atoms with Crippen LogP contribution < -0.4 is 11.2 Å². The van der Waals surface area contributed by atoms with E-state index in [-0.39, 0.29) is 6.61 Å². The monoisotopic (exact) mass is 293 g/mol. The number of rotatable bonds is 3. The van der Waals surface area contributed by atoms with Gasteiger partial charge in [0.1, 0.15) is 18.9 Å². The summed E-state index contributed by atoms with van der Waals surface area (Å²) in [6.45, 7) is 2.62. The minimum atomic E-state index is -1.26. The van der Waals surface area contributed by atoms with Crippen molar-refractivity contribution in [1.29, 1.82) is 5.26 Å². The molecular formula is C13H15N3O5. The van der Waals surface area contributed by atoms with E-state index < -0.39 is 29.0 Å². The van der Waals surface area contributed by atoms with Crippen LogP contribution in [0, 0.1) is 18.3 Å². The molecule has 8 nitrogen and oxygen atoms in total. The highest BCUT2D eigenvalue weighted by molar-refractivity contribution is 5.66. The van der Waals surface area contributed by atoms with Gasteiger partial charge < -0.3 is 9.47 Å². The van der Waals surface area contributed by atoms with Crippen LogP contribution in [0.5, 0.6) is 0 Å². The summed E-state index contributed by atoms with van der Waals surface area (Å²) in [5, 5.41) is 9.25. The Morgan fingerprint density at radius 1 is 1.67 bits per heavy atom. The number of hydrogen-bond donors (Lipinski definition) is 1. The van der Waals surface area contributed by atoms with Crippen LogP contribution in [-0.2, 0) is 14.3 Å². The zero-order valence-corrected chi connectivity index (χ0v) is 11.7. The largest absolute Gasteiger partial charge is 0.462 e. The van der Waals surface area contributed by atoms with Crippen LogP contribution in [0.3, 0.4) is 0 Å². The van der Waals surface area contributed by atoms with Gasteiger partial charge in [0.25, 0.3) is 5.56 Å². The first-order chi connectivity index (χ1) is 9.87. The van der Waals surface area contributed by atoms with Gasteiger partial charge in [0, 0.05) is 18.7 Å². The number of aromatic amines is 1. The molecular weight excluding hydrogens is 278 g/mol. The summed E-state index contributed by atoms with van der Waals surface area (Å²) in [4.78, 5) is 36.2. The van der Waals surface area contributed by atoms with Gasteiger partial charge in [-0.15, -0.1) is 0 Å². The number of hydrogen-bond acceptors (Lipinski definition) is 6. The Morgan fingerprint density at radius 3 is 3.00 bits per heavy atom. The number of ether oxygens (including phenoxy) is 2. The van der Waals surface area contributed by atoms with Crippen molar-refractivity contribution in [1.82, 2.24) is 9.55 Å². The topological polar surface area (TPSA) is 114 Å². The third-order valence-electron chi connectivity index (χ3n) is 3.33. The van der Waals surface area contributed by atoms with E-state index in [2.05, 4.69) is 4.98 Å². The van der Waals surface area contributed by atoms with Gasteiger partial charge in [0.15, 0.2) is 5.60 Å². The lowest BCUT2D eigenvalue weighted by Crippen LogP contribution is -2.37. The number of nitriles is 1. The van der Waals surface area contributed by atoms with Crippen LogP contribution in [0.1, 0.15) is 31.6 Å². The molecule has 1 saturated heterocycles. The molecule has 0 radical (unpaired) electrons. The summed E-state index contributed by atoms with van der Waals surface area (Å²) in [7, 11) is 0. The summed E-state index contributed by atoms with van der Waals surface area (Å²) in [6, 6.07) is 1.99. The van der Waals surface area contributed by atoms with E-state index in [1.165, 1.54) is 17.7 Å². The van der Waals surface area contributed by atoms with E-state index in [9.17, 15) is 19.6 Å². The average molecular weight is 293 g/mol. The van der Waals surface area contributed by atoms with E-state index >= 15 is 0 Å². The summed E-state index contributed by atoms with van der Waals surface area (Å²) in [5.74, 6) is -0.506. The maximum absolute atomic E-state index is 11.8. The van der Waals surface area contributed by atoms with Crippen LogP contribution in [0.4, 0.5) is 0 Å². The first-order valence-corrected chi connectivity index (χ1v) is 6.41. The molecule has 0 spiro atoms. The third-order valence-corrected chi connectivity index (χ3v) is 3.33. The third kappa shape index (κ3) is 3.03. The smallest absolute Gasteiger partial charge is 0.330 e. The van der Waals surface area contributed by atoms with Crippen LogP contribution in [0.2, 0.25) is 0 Å². The first-order valence-electron chi connectivity index (χ1n) is 6.41. The molecule has 1 fully saturated rings. The molecule has 1 N–H and O–H groups in total. The van der Waals surface area contributed by atoms with Gasteiger partial charge in [0.05, 0.1) is 0 Å². The molecule has 112 valence electrons. The number of aryl methyl sites for hydroxylation is 1. The highest BCUT2D eigenvalue weighted by Gasteiger charge is 2.43. The standard InChI is InChI=1S/C13H15N3O5/c1-8-5-16(12(19)15-11(8)18)10-3-4-13(6-14,21-10)7-20-9(2)17/h5,10H,3-4,7H2,1-2H3,(H,15,18,19)/t10-,13-/m1/s1. The lowest BCUT2D eigenvalue weighted by Gasteiger charge is -2.21. The van der Waals surface area contributed by atoms with Gasteiger partial charge in [-0.25, -0.2) is 4.79 Å². The Balaban J connectivity index is 2.24. The second kappa shape index (κ2) is 5.54. The maximum Gasteiger partial charge on any atom is 0.330 e. The summed E-state index contributed by atoms with van der Waals surface area (Å²) in [6.07, 6.45) is 1.44. The van der Waals surface area contributed by atoms with Gasteiger partial charge in [0.2, 0.25) is 0 Å². The van der Waals surface area contributed by atoms with Crippen molar-refractivity contribution < 1.29 is 14.3 Å². The Bertz CT molecular complexity index is 714. The predicted octanol–water partition coefficient (Wildman–Crippen LogP) is -0.0205. The molecule has 1 aromatic heterocycles. The lowest BCUT2D eigenvalue weighted by atomic mass is 10.0. The number of esters is 1. The molecule has 2 atom stereocenters. The number of nitrogens with one attached hydrogen (secondary N) is 1. The Kier molecular flexibility index (Phi) is 3.95. The second-order valence-electron chi connectivity index (χ2n) is 4.98. The molecule has 1 aliphatic rings. The van der Waals surface area contributed by atoms with E-state index in [1.807, 2.05) is 6.07 Å². The summed E-state index contributed by atoms with van der Waals surface area (Å²) >= 11 is 0. The summed E-state index contributed by atoms with van der Waals surface area (Å²) < 4.78 is 11.7. The Hall–Kier alpha value is -2.40. The molecule has 8 heteroatoms. The van der Waals surface area contributed by atoms with Crippen molar-refractivity contribution in [3.63, 3.8) is 0 Å². The number of aromatic nitrogens is 2. The van der Waals surface area contributed by atoms with Crippen LogP contribution >= 0.6 is 0 Å². The molecule has 0 amide bonds. The molecule has 1 aliphatic heterocycles. The van der Waals surface area contributed by atoms with E-state index in [4.69, 9.17) is 9.47 Å². The fraction of sp³-hybridized carbons (Fsp3) is 0.538. The minimum Gasteiger partial charge on any atom is -0.462 e. The van der Waals surface area contributed by atoms with Gasteiger partial charge in [-0.3, -0.25) is 19.1 Å². The van der Waals surface area contributed by atoms with Crippen molar-refractivity contribution in [2.75, 3.05) is 6.61 Å². The highest BCUT2D eigenvalue weighted by Crippen LogP contribution is 2.35. The van der Waals surface area contributed by atoms with Crippen molar-refractivity contribution in [2.24, 2.45) is 0 Å². The molecule has 0 saturated carbocycles.